The number of hydrogen-bond donors (Lipinski definition) is 2. The van der Waals surface area contributed by atoms with Gasteiger partial charge in [-0.25, -0.2) is 24.5 Å². The van der Waals surface area contributed by atoms with Crippen LogP contribution in [0.2, 0.25) is 0 Å². The highest BCUT2D eigenvalue weighted by Gasteiger charge is 2.16. The first-order valence-electron chi connectivity index (χ1n) is 16.2. The van der Waals surface area contributed by atoms with E-state index in [1.807, 2.05) is 23.9 Å². The fourth-order valence-electron chi connectivity index (χ4n) is 4.81. The van der Waals surface area contributed by atoms with Crippen molar-refractivity contribution in [1.82, 2.24) is 19.8 Å². The van der Waals surface area contributed by atoms with E-state index >= 15 is 0 Å². The summed E-state index contributed by atoms with van der Waals surface area (Å²) >= 11 is 6.47. The molecule has 1 fully saturated rings. The van der Waals surface area contributed by atoms with E-state index in [4.69, 9.17) is 18.9 Å². The lowest BCUT2D eigenvalue weighted by atomic mass is 10.2. The van der Waals surface area contributed by atoms with Crippen molar-refractivity contribution in [3.63, 3.8) is 0 Å². The number of carbonyl (C=O) groups is 2. The van der Waals surface area contributed by atoms with Gasteiger partial charge in [-0.15, -0.1) is 0 Å². The third-order valence-electron chi connectivity index (χ3n) is 7.34. The van der Waals surface area contributed by atoms with Crippen molar-refractivity contribution in [2.24, 2.45) is 4.99 Å². The van der Waals surface area contributed by atoms with E-state index in [0.29, 0.717) is 96.9 Å². The molecule has 0 bridgehead atoms. The zero-order valence-corrected chi connectivity index (χ0v) is 29.0. The number of unbranched alkanes of at least 4 members (excludes halogenated alkanes) is 2. The van der Waals surface area contributed by atoms with Crippen molar-refractivity contribution < 1.29 is 38.7 Å². The fraction of sp³-hybridized carbons (Fsp3) is 0.606. The molecule has 1 aliphatic rings. The van der Waals surface area contributed by atoms with Crippen LogP contribution in [0, 0.1) is 0 Å². The average Bonchev–Trinajstić information content (AvgIpc) is 3.08. The molecule has 15 heteroatoms. The molecule has 3 rings (SSSR count). The van der Waals surface area contributed by atoms with Crippen LogP contribution in [0.15, 0.2) is 41.4 Å². The lowest BCUT2D eigenvalue weighted by Gasteiger charge is -2.25. The van der Waals surface area contributed by atoms with Gasteiger partial charge in [0.15, 0.2) is 0 Å². The molecular formula is C33H47N5O8S2. The summed E-state index contributed by atoms with van der Waals surface area (Å²) in [7, 11) is 0. The summed E-state index contributed by atoms with van der Waals surface area (Å²) in [5.41, 5.74) is 1.37. The summed E-state index contributed by atoms with van der Waals surface area (Å²) in [5.74, 6) is -0.321. The Kier molecular flexibility index (Phi) is 20.0. The Morgan fingerprint density at radius 1 is 0.812 bits per heavy atom. The van der Waals surface area contributed by atoms with Gasteiger partial charge in [-0.3, -0.25) is 9.80 Å². The fourth-order valence-corrected chi connectivity index (χ4v) is 5.94. The summed E-state index contributed by atoms with van der Waals surface area (Å²) in [6.45, 7) is 7.26. The lowest BCUT2D eigenvalue weighted by molar-refractivity contribution is -0.0238. The van der Waals surface area contributed by atoms with Crippen molar-refractivity contribution in [3.8, 4) is 0 Å². The van der Waals surface area contributed by atoms with E-state index in [1.165, 1.54) is 12.1 Å². The number of ether oxygens (including phenoxy) is 4. The number of hydrogen-bond acceptors (Lipinski definition) is 13. The van der Waals surface area contributed by atoms with Gasteiger partial charge >= 0.3 is 11.9 Å². The van der Waals surface area contributed by atoms with Gasteiger partial charge in [0.1, 0.15) is 11.4 Å². The van der Waals surface area contributed by atoms with Crippen LogP contribution in [0.1, 0.15) is 51.6 Å². The molecule has 13 nitrogen and oxygen atoms in total. The van der Waals surface area contributed by atoms with Crippen molar-refractivity contribution in [1.29, 1.82) is 0 Å². The third-order valence-corrected chi connectivity index (χ3v) is 8.66. The van der Waals surface area contributed by atoms with E-state index in [2.05, 4.69) is 42.1 Å². The summed E-state index contributed by atoms with van der Waals surface area (Å²) in [6, 6.07) is 10.0. The molecule has 0 saturated carbocycles. The number of isothiocyanates is 1. The molecular weight excluding hydrogens is 659 g/mol. The average molecular weight is 706 g/mol. The normalized spacial score (nSPS) is 18.3. The SMILES string of the molecule is O=C(O)c1cccc(CN2CCOCCOCCN(Cc3cccc(C(=O)O)n3)CCOC(CSCCCCCN=C=S)COCC2)n1. The quantitative estimate of drug-likeness (QED) is 0.167. The first kappa shape index (κ1) is 39.6. The Bertz CT molecular complexity index is 1290. The number of nitrogens with zero attached hydrogens (tertiary/aromatic N) is 5. The largest absolute Gasteiger partial charge is 0.477 e. The minimum atomic E-state index is -1.06. The molecule has 2 aromatic rings. The van der Waals surface area contributed by atoms with Gasteiger partial charge in [-0.2, -0.15) is 11.8 Å². The maximum atomic E-state index is 11.4. The van der Waals surface area contributed by atoms with Gasteiger partial charge in [0.05, 0.1) is 68.9 Å². The number of aromatic carboxylic acids is 2. The number of pyridine rings is 2. The summed E-state index contributed by atoms with van der Waals surface area (Å²) in [6.07, 6.45) is 3.03. The summed E-state index contributed by atoms with van der Waals surface area (Å²) < 4.78 is 24.2. The van der Waals surface area contributed by atoms with Crippen molar-refractivity contribution >= 4 is 41.1 Å². The predicted octanol–water partition coefficient (Wildman–Crippen LogP) is 3.63. The van der Waals surface area contributed by atoms with Crippen LogP contribution >= 0.6 is 24.0 Å². The second kappa shape index (κ2) is 24.3. The van der Waals surface area contributed by atoms with Crippen LogP contribution in [0.5, 0.6) is 0 Å². The molecule has 2 aromatic heterocycles. The van der Waals surface area contributed by atoms with Gasteiger partial charge in [0, 0.05) is 51.6 Å². The number of thiocarbonyl (C=S) groups is 1. The molecule has 0 radical (unpaired) electrons. The Hall–Kier alpha value is -2.85. The number of thioether (sulfide) groups is 1. The molecule has 1 aliphatic heterocycles. The minimum absolute atomic E-state index is 0.0165. The Morgan fingerprint density at radius 3 is 1.94 bits per heavy atom. The lowest BCUT2D eigenvalue weighted by Crippen LogP contribution is -2.35. The Balaban J connectivity index is 1.60. The van der Waals surface area contributed by atoms with Crippen LogP contribution in [0.3, 0.4) is 0 Å². The molecule has 0 amide bonds. The molecule has 1 saturated heterocycles. The standard InChI is InChI=1S/C33H47N5O8S2/c39-32(40)30-8-4-6-27(35-30)22-37-11-15-43-19-20-44-16-12-38(23-28-7-5-9-31(36-28)33(41)42)14-18-46-29(24-45-17-13-37)25-48-21-3-1-2-10-34-26-47/h4-9,29H,1-3,10-25H2,(H,39,40)(H,41,42). The number of aliphatic imine (C=N–C) groups is 1. The van der Waals surface area contributed by atoms with E-state index < -0.39 is 11.9 Å². The second-order valence-electron chi connectivity index (χ2n) is 11.1. The zero-order chi connectivity index (χ0) is 34.2. The highest BCUT2D eigenvalue weighted by atomic mass is 32.2. The van der Waals surface area contributed by atoms with Crippen LogP contribution in [-0.4, -0.2) is 144 Å². The minimum Gasteiger partial charge on any atom is -0.477 e. The number of carboxylic acids is 2. The van der Waals surface area contributed by atoms with Gasteiger partial charge < -0.3 is 29.2 Å². The van der Waals surface area contributed by atoms with Crippen molar-refractivity contribution in [2.45, 2.75) is 38.5 Å². The Labute approximate surface area is 292 Å². The van der Waals surface area contributed by atoms with Crippen molar-refractivity contribution in [3.05, 3.63) is 59.2 Å². The highest BCUT2D eigenvalue weighted by Crippen LogP contribution is 2.12. The van der Waals surface area contributed by atoms with Crippen LogP contribution in [0.4, 0.5) is 0 Å². The molecule has 48 heavy (non-hydrogen) atoms. The maximum absolute atomic E-state index is 11.4. The Morgan fingerprint density at radius 2 is 1.38 bits per heavy atom. The monoisotopic (exact) mass is 705 g/mol. The van der Waals surface area contributed by atoms with Gasteiger partial charge in [0.2, 0.25) is 0 Å². The topological polar surface area (TPSA) is 156 Å². The number of rotatable bonds is 14. The van der Waals surface area contributed by atoms with E-state index in [9.17, 15) is 19.8 Å². The van der Waals surface area contributed by atoms with Gasteiger partial charge in [-0.05, 0) is 55.1 Å². The highest BCUT2D eigenvalue weighted by molar-refractivity contribution is 7.99. The zero-order valence-electron chi connectivity index (χ0n) is 27.4. The van der Waals surface area contributed by atoms with E-state index in [0.717, 1.165) is 37.3 Å². The van der Waals surface area contributed by atoms with Crippen LogP contribution < -0.4 is 0 Å². The molecule has 0 aliphatic carbocycles. The smallest absolute Gasteiger partial charge is 0.354 e. The molecule has 2 N–H and O–H groups in total. The number of carboxylic acid groups (broad SMARTS) is 2. The predicted molar refractivity (Wildman–Crippen MR) is 186 cm³/mol. The first-order valence-corrected chi connectivity index (χ1v) is 17.8. The summed E-state index contributed by atoms with van der Waals surface area (Å²) in [4.78, 5) is 39.7. The second-order valence-corrected chi connectivity index (χ2v) is 12.4. The molecule has 3 heterocycles. The van der Waals surface area contributed by atoms with E-state index in [-0.39, 0.29) is 17.5 Å². The molecule has 1 unspecified atom stereocenters. The van der Waals surface area contributed by atoms with E-state index in [1.54, 1.807) is 12.1 Å². The molecule has 1 atom stereocenters. The van der Waals surface area contributed by atoms with Gasteiger partial charge in [0.25, 0.3) is 0 Å². The number of aromatic nitrogens is 2. The first-order chi connectivity index (χ1) is 23.4. The molecule has 264 valence electrons. The van der Waals surface area contributed by atoms with Crippen molar-refractivity contribution in [2.75, 3.05) is 90.5 Å². The van der Waals surface area contributed by atoms with Crippen LogP contribution in [-0.2, 0) is 32.0 Å². The molecule has 0 aromatic carbocycles. The molecule has 0 spiro atoms. The van der Waals surface area contributed by atoms with Gasteiger partial charge in [-0.1, -0.05) is 18.6 Å². The maximum Gasteiger partial charge on any atom is 0.354 e. The summed E-state index contributed by atoms with van der Waals surface area (Å²) in [5, 5.41) is 21.1. The van der Waals surface area contributed by atoms with Crippen LogP contribution in [0.25, 0.3) is 0 Å². The third kappa shape index (κ3) is 17.0.